The number of thiazole rings is 1. The molecule has 0 spiro atoms. The van der Waals surface area contributed by atoms with Crippen LogP contribution in [0.5, 0.6) is 0 Å². The molecule has 0 saturated carbocycles. The van der Waals surface area contributed by atoms with Crippen molar-refractivity contribution >= 4 is 17.2 Å². The van der Waals surface area contributed by atoms with Crippen LogP contribution in [0.1, 0.15) is 46.2 Å². The number of carbonyl (C=O) groups excluding carboxylic acids is 1. The number of benzene rings is 1. The van der Waals surface area contributed by atoms with E-state index in [1.807, 2.05) is 24.0 Å². The summed E-state index contributed by atoms with van der Waals surface area (Å²) in [5.41, 5.74) is 3.78. The molecule has 4 rings (SSSR count). The van der Waals surface area contributed by atoms with E-state index < -0.39 is 5.82 Å². The fourth-order valence-electron chi connectivity index (χ4n) is 3.64. The van der Waals surface area contributed by atoms with E-state index in [1.54, 1.807) is 34.6 Å². The highest BCUT2D eigenvalue weighted by molar-refractivity contribution is 7.07. The van der Waals surface area contributed by atoms with E-state index in [1.165, 1.54) is 6.07 Å². The van der Waals surface area contributed by atoms with Crippen LogP contribution in [0, 0.1) is 12.7 Å². The number of hydrogen-bond acceptors (Lipinski definition) is 4. The number of aryl methyl sites for hydroxylation is 1. The van der Waals surface area contributed by atoms with Gasteiger partial charge in [-0.25, -0.2) is 14.4 Å². The maximum absolute atomic E-state index is 14.2. The zero-order valence-corrected chi connectivity index (χ0v) is 16.0. The summed E-state index contributed by atoms with van der Waals surface area (Å²) in [5.74, 6) is 0.414. The Balaban J connectivity index is 1.52. The minimum atomic E-state index is -0.452. The average molecular weight is 384 g/mol. The third-order valence-electron chi connectivity index (χ3n) is 4.99. The van der Waals surface area contributed by atoms with Crippen LogP contribution in [0.15, 0.2) is 41.5 Å². The molecule has 0 radical (unpaired) electrons. The van der Waals surface area contributed by atoms with Crippen LogP contribution in [0.4, 0.5) is 4.39 Å². The second-order valence-corrected chi connectivity index (χ2v) is 7.69. The molecule has 3 heterocycles. The zero-order chi connectivity index (χ0) is 18.8. The molecule has 1 unspecified atom stereocenters. The van der Waals surface area contributed by atoms with Crippen molar-refractivity contribution in [1.29, 1.82) is 0 Å². The summed E-state index contributed by atoms with van der Waals surface area (Å²) in [7, 11) is 0. The van der Waals surface area contributed by atoms with Crippen molar-refractivity contribution in [2.45, 2.75) is 32.2 Å². The number of amides is 1. The molecule has 1 aliphatic rings. The lowest BCUT2D eigenvalue weighted by molar-refractivity contribution is 0.0698. The Kier molecular flexibility index (Phi) is 5.03. The van der Waals surface area contributed by atoms with Crippen molar-refractivity contribution in [2.75, 3.05) is 13.1 Å². The van der Waals surface area contributed by atoms with Gasteiger partial charge < -0.3 is 9.47 Å². The highest BCUT2D eigenvalue weighted by Gasteiger charge is 2.29. The van der Waals surface area contributed by atoms with Gasteiger partial charge in [-0.1, -0.05) is 6.07 Å². The summed E-state index contributed by atoms with van der Waals surface area (Å²) >= 11 is 1.57. The molecule has 1 atom stereocenters. The van der Waals surface area contributed by atoms with Gasteiger partial charge in [0.25, 0.3) is 5.91 Å². The van der Waals surface area contributed by atoms with Crippen LogP contribution >= 0.6 is 11.3 Å². The number of likely N-dealkylation sites (tertiary alicyclic amines) is 1. The largest absolute Gasteiger partial charge is 0.338 e. The van der Waals surface area contributed by atoms with Crippen LogP contribution in [0.3, 0.4) is 0 Å². The molecular weight excluding hydrogens is 363 g/mol. The summed E-state index contributed by atoms with van der Waals surface area (Å²) in [5, 5.41) is 2.03. The molecule has 0 bridgehead atoms. The molecule has 140 valence electrons. The van der Waals surface area contributed by atoms with Crippen LogP contribution in [-0.4, -0.2) is 38.4 Å². The molecule has 5 nitrogen and oxygen atoms in total. The first-order chi connectivity index (χ1) is 13.1. The van der Waals surface area contributed by atoms with E-state index in [0.29, 0.717) is 19.6 Å². The average Bonchev–Trinajstić information content (AvgIpc) is 3.34. The summed E-state index contributed by atoms with van der Waals surface area (Å²) in [6.45, 7) is 3.70. The molecule has 0 aliphatic carbocycles. The van der Waals surface area contributed by atoms with Crippen molar-refractivity contribution in [3.8, 4) is 0 Å². The van der Waals surface area contributed by atoms with Gasteiger partial charge >= 0.3 is 0 Å². The van der Waals surface area contributed by atoms with Gasteiger partial charge in [-0.3, -0.25) is 4.79 Å². The van der Waals surface area contributed by atoms with Crippen LogP contribution in [0.2, 0.25) is 0 Å². The molecule has 7 heteroatoms. The lowest BCUT2D eigenvalue weighted by Gasteiger charge is -2.33. The number of aromatic nitrogens is 3. The minimum Gasteiger partial charge on any atom is -0.338 e. The maximum Gasteiger partial charge on any atom is 0.256 e. The third kappa shape index (κ3) is 3.78. The zero-order valence-electron chi connectivity index (χ0n) is 15.1. The van der Waals surface area contributed by atoms with Gasteiger partial charge in [0.15, 0.2) is 0 Å². The second kappa shape index (κ2) is 7.60. The van der Waals surface area contributed by atoms with Gasteiger partial charge in [0, 0.05) is 36.8 Å². The molecule has 27 heavy (non-hydrogen) atoms. The molecule has 1 amide bonds. The molecule has 2 aromatic heterocycles. The van der Waals surface area contributed by atoms with Gasteiger partial charge in [0.2, 0.25) is 0 Å². The first-order valence-corrected chi connectivity index (χ1v) is 9.99. The highest BCUT2D eigenvalue weighted by atomic mass is 32.1. The summed E-state index contributed by atoms with van der Waals surface area (Å²) < 4.78 is 16.3. The lowest BCUT2D eigenvalue weighted by Crippen LogP contribution is -2.40. The first kappa shape index (κ1) is 17.9. The normalized spacial score (nSPS) is 17.3. The van der Waals surface area contributed by atoms with E-state index in [9.17, 15) is 9.18 Å². The molecule has 1 aliphatic heterocycles. The van der Waals surface area contributed by atoms with Crippen molar-refractivity contribution in [1.82, 2.24) is 19.4 Å². The van der Waals surface area contributed by atoms with E-state index in [2.05, 4.69) is 14.5 Å². The molecule has 1 fully saturated rings. The Bertz CT molecular complexity index is 937. The third-order valence-corrected chi connectivity index (χ3v) is 5.63. The van der Waals surface area contributed by atoms with Crippen molar-refractivity contribution < 1.29 is 9.18 Å². The Hall–Kier alpha value is -2.54. The smallest absolute Gasteiger partial charge is 0.256 e. The molecule has 1 aromatic carbocycles. The number of nitrogens with zero attached hydrogens (tertiary/aromatic N) is 4. The van der Waals surface area contributed by atoms with Gasteiger partial charge in [0.05, 0.1) is 23.3 Å². The number of carbonyl (C=O) groups is 1. The number of hydrogen-bond donors (Lipinski definition) is 0. The minimum absolute atomic E-state index is 0.143. The van der Waals surface area contributed by atoms with Crippen molar-refractivity contribution in [3.05, 3.63) is 69.9 Å². The number of rotatable bonds is 4. The van der Waals surface area contributed by atoms with Gasteiger partial charge in [0.1, 0.15) is 11.6 Å². The second-order valence-electron chi connectivity index (χ2n) is 6.97. The van der Waals surface area contributed by atoms with E-state index in [0.717, 1.165) is 29.9 Å². The van der Waals surface area contributed by atoms with Gasteiger partial charge in [-0.15, -0.1) is 11.3 Å². The standard InChI is InChI=1S/C20H21FN4OS/c1-14-4-5-17(18(21)9-14)20(26)25-7-2-3-15(10-25)19-22-6-8-24(19)11-16-12-27-13-23-16/h4-6,8-9,12-13,15H,2-3,7,10-11H2,1H3. The van der Waals surface area contributed by atoms with Crippen LogP contribution in [0.25, 0.3) is 0 Å². The highest BCUT2D eigenvalue weighted by Crippen LogP contribution is 2.27. The van der Waals surface area contributed by atoms with Gasteiger partial charge in [-0.2, -0.15) is 0 Å². The molecule has 1 saturated heterocycles. The van der Waals surface area contributed by atoms with E-state index >= 15 is 0 Å². The number of imidazole rings is 1. The fourth-order valence-corrected chi connectivity index (χ4v) is 4.19. The topological polar surface area (TPSA) is 51.0 Å². The molecular formula is C20H21FN4OS. The monoisotopic (exact) mass is 384 g/mol. The summed E-state index contributed by atoms with van der Waals surface area (Å²) in [6, 6.07) is 4.77. The van der Waals surface area contributed by atoms with Gasteiger partial charge in [-0.05, 0) is 37.5 Å². The Morgan fingerprint density at radius 2 is 2.26 bits per heavy atom. The Labute approximate surface area is 161 Å². The van der Waals surface area contributed by atoms with Crippen LogP contribution in [-0.2, 0) is 6.54 Å². The molecule has 0 N–H and O–H groups in total. The Morgan fingerprint density at radius 3 is 3.04 bits per heavy atom. The fraction of sp³-hybridized carbons (Fsp3) is 0.350. The predicted octanol–water partition coefficient (Wildman–Crippen LogP) is 3.86. The van der Waals surface area contributed by atoms with Crippen LogP contribution < -0.4 is 0 Å². The first-order valence-electron chi connectivity index (χ1n) is 9.05. The van der Waals surface area contributed by atoms with E-state index in [-0.39, 0.29) is 17.4 Å². The maximum atomic E-state index is 14.2. The number of halogens is 1. The quantitative estimate of drug-likeness (QED) is 0.686. The van der Waals surface area contributed by atoms with E-state index in [4.69, 9.17) is 0 Å². The molecule has 3 aromatic rings. The predicted molar refractivity (Wildman–Crippen MR) is 102 cm³/mol. The summed E-state index contributed by atoms with van der Waals surface area (Å²) in [4.78, 5) is 23.5. The van der Waals surface area contributed by atoms with Crippen molar-refractivity contribution in [2.24, 2.45) is 0 Å². The summed E-state index contributed by atoms with van der Waals surface area (Å²) in [6.07, 6.45) is 5.60. The lowest BCUT2D eigenvalue weighted by atomic mass is 9.96. The Morgan fingerprint density at radius 1 is 1.37 bits per heavy atom. The number of piperidine rings is 1. The SMILES string of the molecule is Cc1ccc(C(=O)N2CCCC(c3nccn3Cc3cscn3)C2)c(F)c1. The van der Waals surface area contributed by atoms with Crippen molar-refractivity contribution in [3.63, 3.8) is 0 Å².